The third kappa shape index (κ3) is 7.66. The third-order valence-electron chi connectivity index (χ3n) is 22.0. The van der Waals surface area contributed by atoms with Gasteiger partial charge in [0.25, 0.3) is 0 Å². The summed E-state index contributed by atoms with van der Waals surface area (Å²) in [4.78, 5) is 4.56. The average Bonchev–Trinajstić information content (AvgIpc) is 1.47. The lowest BCUT2D eigenvalue weighted by atomic mass is 9.65. The van der Waals surface area contributed by atoms with E-state index < -0.39 is 5.41 Å². The summed E-state index contributed by atoms with van der Waals surface area (Å²) >= 11 is 0. The second-order valence-electron chi connectivity index (χ2n) is 26.9. The summed E-state index contributed by atoms with van der Waals surface area (Å²) in [6.45, 7) is 0. The van der Waals surface area contributed by atoms with Gasteiger partial charge in [0.1, 0.15) is 22.8 Å². The van der Waals surface area contributed by atoms with Crippen LogP contribution in [0.5, 0.6) is 0 Å². The zero-order valence-electron chi connectivity index (χ0n) is 51.8. The molecule has 1 spiro atoms. The molecule has 0 N–H and O–H groups in total. The summed E-state index contributed by atoms with van der Waals surface area (Å²) < 4.78 is 48.2. The van der Waals surface area contributed by atoms with Crippen molar-refractivity contribution in [3.05, 3.63) is 294 Å². The van der Waals surface area contributed by atoms with E-state index in [-0.39, 0.29) is 11.6 Å². The molecule has 0 saturated heterocycles. The van der Waals surface area contributed by atoms with Crippen LogP contribution in [0.4, 0.5) is 42.9 Å². The molecule has 0 atom stereocenters. The van der Waals surface area contributed by atoms with Crippen LogP contribution in [-0.2, 0) is 5.41 Å². The van der Waals surface area contributed by atoms with Crippen LogP contribution < -0.4 is 9.80 Å². The van der Waals surface area contributed by atoms with Gasteiger partial charge in [-0.1, -0.05) is 190 Å². The van der Waals surface area contributed by atoms with Crippen molar-refractivity contribution < 1.29 is 17.6 Å². The standard InChI is InChI=1S/C87H63F2N3O2/c88-56-37-41-58(42-38-56)90(78-33-15-29-68-66-27-13-25-64(83(66)93-85(68)78)52-17-3-1-4-18-52)60-45-48-76-70(49-60)71-50-61(91(59-43-39-57(89)40-44-59)79-34-16-30-69-67-28-14-26-65(84(67)94-86(69)79)53-19-5-2-6-20-53)51-75-82(71)92(76)77-32-12-11-31-72(77)87(75)73-46-35-54-21-7-9-23-62(54)80(73)81-63-24-10-8-22-55(63)36-47-74(81)87/h7-16,21-53H,1-6,17-20H2. The van der Waals surface area contributed by atoms with Gasteiger partial charge in [-0.25, -0.2) is 8.78 Å². The first-order valence-electron chi connectivity index (χ1n) is 33.7. The van der Waals surface area contributed by atoms with Gasteiger partial charge in [0.15, 0.2) is 11.2 Å². The first kappa shape index (κ1) is 53.9. The molecule has 0 amide bonds. The lowest BCUT2D eigenvalue weighted by Gasteiger charge is -2.40. The van der Waals surface area contributed by atoms with E-state index in [0.717, 1.165) is 137 Å². The van der Waals surface area contributed by atoms with Crippen LogP contribution in [0.1, 0.15) is 109 Å². The van der Waals surface area contributed by atoms with Gasteiger partial charge in [-0.05, 0) is 201 Å². The quantitative estimate of drug-likeness (QED) is 0.152. The van der Waals surface area contributed by atoms with Crippen molar-refractivity contribution in [3.63, 3.8) is 0 Å². The van der Waals surface area contributed by atoms with Crippen LogP contribution in [0.3, 0.4) is 0 Å². The number of benzene rings is 13. The largest absolute Gasteiger partial charge is 0.454 e. The zero-order chi connectivity index (χ0) is 61.9. The molecule has 3 aliphatic carbocycles. The van der Waals surface area contributed by atoms with E-state index in [2.05, 4.69) is 215 Å². The van der Waals surface area contributed by atoms with Crippen molar-refractivity contribution in [1.82, 2.24) is 4.57 Å². The lowest BCUT2D eigenvalue weighted by molar-refractivity contribution is 0.442. The molecule has 0 radical (unpaired) electrons. The normalized spacial score (nSPS) is 15.3. The molecule has 1 aliphatic heterocycles. The number of para-hydroxylation sites is 5. The van der Waals surface area contributed by atoms with Crippen molar-refractivity contribution in [2.45, 2.75) is 81.5 Å². The van der Waals surface area contributed by atoms with Gasteiger partial charge in [-0.2, -0.15) is 0 Å². The van der Waals surface area contributed by atoms with Crippen LogP contribution in [0.25, 0.3) is 104 Å². The SMILES string of the molecule is Fc1ccc(N(c2ccc3c(c2)c2cc(N(c4ccc(F)cc4)c4cccc5c4oc4c(C6CCCCC6)cccc45)cc4c2n3-c2ccccc2C42c3ccc4ccccc4c3-c3c2ccc2ccccc32)c2cccc3c2oc2c(C4CCCCC4)cccc23)cc1. The molecule has 5 nitrogen and oxygen atoms in total. The number of halogens is 2. The van der Waals surface area contributed by atoms with Crippen LogP contribution in [0, 0.1) is 11.6 Å². The highest BCUT2D eigenvalue weighted by atomic mass is 19.1. The molecular formula is C87H63F2N3O2. The summed E-state index contributed by atoms with van der Waals surface area (Å²) in [5.41, 5.74) is 20.7. The average molecular weight is 1220 g/mol. The Morgan fingerprint density at radius 3 is 1.35 bits per heavy atom. The topological polar surface area (TPSA) is 37.7 Å². The fraction of sp³-hybridized carbons (Fsp3) is 0.149. The van der Waals surface area contributed by atoms with Crippen LogP contribution in [0.2, 0.25) is 0 Å². The van der Waals surface area contributed by atoms with Gasteiger partial charge in [0, 0.05) is 55.1 Å². The second-order valence-corrected chi connectivity index (χ2v) is 26.9. The number of hydrogen-bond acceptors (Lipinski definition) is 4. The van der Waals surface area contributed by atoms with E-state index in [1.807, 2.05) is 24.3 Å². The molecule has 94 heavy (non-hydrogen) atoms. The first-order chi connectivity index (χ1) is 46.5. The molecular weight excluding hydrogens is 1160 g/mol. The molecule has 13 aromatic carbocycles. The minimum atomic E-state index is -0.862. The Labute approximate surface area is 542 Å². The zero-order valence-corrected chi connectivity index (χ0v) is 51.8. The maximum absolute atomic E-state index is 15.7. The van der Waals surface area contributed by atoms with Gasteiger partial charge in [-0.3, -0.25) is 0 Å². The van der Waals surface area contributed by atoms with Crippen molar-refractivity contribution in [3.8, 4) is 16.8 Å². The number of rotatable bonds is 8. The monoisotopic (exact) mass is 1220 g/mol. The Bertz CT molecular complexity index is 5740. The minimum Gasteiger partial charge on any atom is -0.454 e. The molecule has 0 bridgehead atoms. The van der Waals surface area contributed by atoms with E-state index in [1.54, 1.807) is 24.3 Å². The molecule has 3 aromatic heterocycles. The van der Waals surface area contributed by atoms with Crippen molar-refractivity contribution in [2.24, 2.45) is 0 Å². The smallest absolute Gasteiger partial charge is 0.159 e. The van der Waals surface area contributed by atoms with Gasteiger partial charge in [0.2, 0.25) is 0 Å². The fourth-order valence-electron chi connectivity index (χ4n) is 18.0. The molecule has 16 aromatic rings. The Kier molecular flexibility index (Phi) is 11.8. The third-order valence-corrected chi connectivity index (χ3v) is 22.0. The van der Waals surface area contributed by atoms with Gasteiger partial charge in [-0.15, -0.1) is 0 Å². The van der Waals surface area contributed by atoms with Crippen molar-refractivity contribution in [2.75, 3.05) is 9.80 Å². The van der Waals surface area contributed by atoms with E-state index in [0.29, 0.717) is 11.8 Å². The van der Waals surface area contributed by atoms with Gasteiger partial charge < -0.3 is 23.2 Å². The Morgan fingerprint density at radius 2 is 0.798 bits per heavy atom. The molecule has 7 heteroatoms. The highest BCUT2D eigenvalue weighted by Gasteiger charge is 2.52. The van der Waals surface area contributed by atoms with E-state index >= 15 is 8.78 Å². The maximum Gasteiger partial charge on any atom is 0.159 e. The highest BCUT2D eigenvalue weighted by Crippen LogP contribution is 2.65. The Balaban J connectivity index is 0.912. The van der Waals surface area contributed by atoms with E-state index in [4.69, 9.17) is 8.83 Å². The summed E-state index contributed by atoms with van der Waals surface area (Å²) in [5.74, 6) is 0.233. The number of fused-ring (bicyclic) bond motifs is 22. The van der Waals surface area contributed by atoms with Gasteiger partial charge in [0.05, 0.1) is 33.5 Å². The van der Waals surface area contributed by atoms with E-state index in [9.17, 15) is 0 Å². The summed E-state index contributed by atoms with van der Waals surface area (Å²) in [5, 5.41) is 11.1. The molecule has 4 heterocycles. The van der Waals surface area contributed by atoms with E-state index in [1.165, 1.54) is 99.0 Å². The minimum absolute atomic E-state index is 0.308. The number of anilines is 6. The predicted octanol–water partition coefficient (Wildman–Crippen LogP) is 24.9. The molecule has 20 rings (SSSR count). The van der Waals surface area contributed by atoms with Crippen LogP contribution >= 0.6 is 0 Å². The molecule has 2 saturated carbocycles. The Morgan fingerprint density at radius 1 is 0.340 bits per heavy atom. The molecule has 2 fully saturated rings. The summed E-state index contributed by atoms with van der Waals surface area (Å²) in [7, 11) is 0. The Hall–Kier alpha value is -10.8. The molecule has 4 aliphatic rings. The number of nitrogens with zero attached hydrogens (tertiary/aromatic N) is 3. The maximum atomic E-state index is 15.7. The van der Waals surface area contributed by atoms with Crippen molar-refractivity contribution in [1.29, 1.82) is 0 Å². The summed E-state index contributed by atoms with van der Waals surface area (Å²) in [6, 6.07) is 88.1. The van der Waals surface area contributed by atoms with Crippen molar-refractivity contribution >= 4 is 121 Å². The van der Waals surface area contributed by atoms with Crippen LogP contribution in [-0.4, -0.2) is 4.57 Å². The fourth-order valence-corrected chi connectivity index (χ4v) is 18.0. The highest BCUT2D eigenvalue weighted by molar-refractivity contribution is 6.20. The number of hydrogen-bond donors (Lipinski definition) is 0. The lowest BCUT2D eigenvalue weighted by Crippen LogP contribution is -2.33. The summed E-state index contributed by atoms with van der Waals surface area (Å²) in [6.07, 6.45) is 12.0. The molecule has 0 unspecified atom stereocenters. The molecule has 452 valence electrons. The number of aromatic nitrogens is 1. The first-order valence-corrected chi connectivity index (χ1v) is 33.7. The predicted molar refractivity (Wildman–Crippen MR) is 382 cm³/mol. The number of furan rings is 2. The second kappa shape index (κ2) is 20.6. The van der Waals surface area contributed by atoms with Gasteiger partial charge >= 0.3 is 0 Å². The van der Waals surface area contributed by atoms with Crippen LogP contribution in [0.15, 0.2) is 258 Å².